The number of ketones is 1. The first kappa shape index (κ1) is 36.2. The molecule has 1 heterocycles. The summed E-state index contributed by atoms with van der Waals surface area (Å²) in [6.07, 6.45) is 10.1. The SMILES string of the molecule is CC.CC.CCCC(C)(C)Cc1cc(CCc2ccc3c(c2)C(C)(CC(C)=O)CCC3)ccc1-c1cc(OC)ncc1F. The second-order valence-corrected chi connectivity index (χ2v) is 12.6. The van der Waals surface area contributed by atoms with Gasteiger partial charge in [-0.3, -0.25) is 4.79 Å². The van der Waals surface area contributed by atoms with Gasteiger partial charge in [0.1, 0.15) is 11.6 Å². The second kappa shape index (κ2) is 16.7. The second-order valence-electron chi connectivity index (χ2n) is 12.6. The molecule has 4 rings (SSSR count). The Kier molecular flexibility index (Phi) is 14.1. The average Bonchev–Trinajstić information content (AvgIpc) is 2.98. The number of halogens is 1. The van der Waals surface area contributed by atoms with Crippen molar-refractivity contribution in [2.24, 2.45) is 5.41 Å². The van der Waals surface area contributed by atoms with Crippen LogP contribution in [0.25, 0.3) is 11.1 Å². The van der Waals surface area contributed by atoms with Gasteiger partial charge in [-0.1, -0.05) is 98.2 Å². The van der Waals surface area contributed by atoms with Crippen molar-refractivity contribution < 1.29 is 13.9 Å². The molecule has 2 aromatic carbocycles. The normalized spacial score (nSPS) is 15.8. The molecular formula is C39H56FNO2. The van der Waals surface area contributed by atoms with E-state index in [1.807, 2.05) is 27.7 Å². The molecule has 0 radical (unpaired) electrons. The van der Waals surface area contributed by atoms with E-state index in [9.17, 15) is 9.18 Å². The Labute approximate surface area is 261 Å². The predicted molar refractivity (Wildman–Crippen MR) is 181 cm³/mol. The number of ether oxygens (including phenoxy) is 1. The molecule has 0 saturated heterocycles. The lowest BCUT2D eigenvalue weighted by atomic mass is 9.68. The van der Waals surface area contributed by atoms with Crippen LogP contribution in [-0.2, 0) is 35.9 Å². The highest BCUT2D eigenvalue weighted by molar-refractivity contribution is 5.77. The number of carbonyl (C=O) groups is 1. The lowest BCUT2D eigenvalue weighted by Gasteiger charge is -2.36. The third-order valence-electron chi connectivity index (χ3n) is 8.44. The quantitative estimate of drug-likeness (QED) is 0.223. The van der Waals surface area contributed by atoms with Crippen LogP contribution in [0.2, 0.25) is 0 Å². The van der Waals surface area contributed by atoms with Crippen LogP contribution in [0, 0.1) is 11.2 Å². The minimum Gasteiger partial charge on any atom is -0.481 e. The highest BCUT2D eigenvalue weighted by atomic mass is 19.1. The maximum atomic E-state index is 15.0. The van der Waals surface area contributed by atoms with Crippen molar-refractivity contribution in [2.45, 2.75) is 126 Å². The molecule has 1 aliphatic rings. The van der Waals surface area contributed by atoms with Gasteiger partial charge in [0.05, 0.1) is 13.3 Å². The van der Waals surface area contributed by atoms with E-state index in [4.69, 9.17) is 4.74 Å². The molecule has 0 saturated carbocycles. The van der Waals surface area contributed by atoms with E-state index in [0.717, 1.165) is 62.5 Å². The molecule has 4 heteroatoms. The Morgan fingerprint density at radius 1 is 1.00 bits per heavy atom. The number of aromatic nitrogens is 1. The molecule has 3 nitrogen and oxygen atoms in total. The van der Waals surface area contributed by atoms with Gasteiger partial charge in [-0.05, 0) is 96.1 Å². The minimum atomic E-state index is -0.333. The standard InChI is InChI=1S/C35H44FNO2.2C2H6/c1-7-16-34(3,4)22-28-18-25(13-15-29(28)30-20-33(39-6)37-23-32(30)36)10-11-26-12-14-27-9-8-17-35(5,21-24(2)38)31(27)19-26;2*1-2/h12-15,18-20,23H,7-11,16-17,21-22H2,1-6H3;2*1-2H3. The molecular weight excluding hydrogens is 533 g/mol. The number of nitrogens with zero attached hydrogens (tertiary/aromatic N) is 1. The molecule has 236 valence electrons. The molecule has 1 aromatic heterocycles. The topological polar surface area (TPSA) is 39.2 Å². The zero-order valence-electron chi connectivity index (χ0n) is 28.6. The molecule has 1 atom stereocenters. The molecule has 0 N–H and O–H groups in total. The minimum absolute atomic E-state index is 0.0647. The number of pyridine rings is 1. The Hall–Kier alpha value is -3.01. The molecule has 43 heavy (non-hydrogen) atoms. The largest absolute Gasteiger partial charge is 0.481 e. The van der Waals surface area contributed by atoms with Crippen LogP contribution in [0.1, 0.15) is 122 Å². The molecule has 0 amide bonds. The van der Waals surface area contributed by atoms with Crippen molar-refractivity contribution >= 4 is 5.78 Å². The highest BCUT2D eigenvalue weighted by Gasteiger charge is 2.33. The Bertz CT molecular complexity index is 1330. The summed E-state index contributed by atoms with van der Waals surface area (Å²) in [6, 6.07) is 15.1. The van der Waals surface area contributed by atoms with Crippen molar-refractivity contribution in [1.82, 2.24) is 4.98 Å². The number of hydrogen-bond donors (Lipinski definition) is 0. The third kappa shape index (κ3) is 9.74. The van der Waals surface area contributed by atoms with Gasteiger partial charge in [-0.2, -0.15) is 0 Å². The summed E-state index contributed by atoms with van der Waals surface area (Å²) in [7, 11) is 1.56. The van der Waals surface area contributed by atoms with E-state index in [1.165, 1.54) is 28.5 Å². The van der Waals surface area contributed by atoms with Crippen LogP contribution in [0.3, 0.4) is 0 Å². The van der Waals surface area contributed by atoms with Crippen molar-refractivity contribution in [2.75, 3.05) is 7.11 Å². The number of carbonyl (C=O) groups excluding carboxylic acids is 1. The van der Waals surface area contributed by atoms with E-state index in [0.29, 0.717) is 17.9 Å². The molecule has 0 fully saturated rings. The number of methoxy groups -OCH3 is 1. The van der Waals surface area contributed by atoms with Crippen LogP contribution >= 0.6 is 0 Å². The maximum absolute atomic E-state index is 15.0. The van der Waals surface area contributed by atoms with Gasteiger partial charge in [0.2, 0.25) is 5.88 Å². The van der Waals surface area contributed by atoms with E-state index in [-0.39, 0.29) is 22.4 Å². The van der Waals surface area contributed by atoms with Crippen LogP contribution in [0.5, 0.6) is 5.88 Å². The van der Waals surface area contributed by atoms with Crippen molar-refractivity contribution in [1.29, 1.82) is 0 Å². The number of Topliss-reactive ketones (excluding diaryl/α,β-unsaturated/α-hetero) is 1. The van der Waals surface area contributed by atoms with Gasteiger partial charge in [0.25, 0.3) is 0 Å². The fraction of sp³-hybridized carbons (Fsp3) is 0.538. The Balaban J connectivity index is 0.00000155. The highest BCUT2D eigenvalue weighted by Crippen LogP contribution is 2.41. The molecule has 0 spiro atoms. The summed E-state index contributed by atoms with van der Waals surface area (Å²) in [5.41, 5.74) is 7.98. The summed E-state index contributed by atoms with van der Waals surface area (Å²) < 4.78 is 20.3. The van der Waals surface area contributed by atoms with E-state index in [1.54, 1.807) is 20.1 Å². The van der Waals surface area contributed by atoms with Gasteiger partial charge in [-0.15, -0.1) is 0 Å². The molecule has 0 aliphatic heterocycles. The summed E-state index contributed by atoms with van der Waals surface area (Å²) in [5.74, 6) is 0.344. The van der Waals surface area contributed by atoms with Crippen molar-refractivity contribution in [3.8, 4) is 17.0 Å². The van der Waals surface area contributed by atoms with E-state index in [2.05, 4.69) is 69.1 Å². The first-order valence-corrected chi connectivity index (χ1v) is 16.5. The number of rotatable bonds is 11. The number of fused-ring (bicyclic) bond motifs is 1. The van der Waals surface area contributed by atoms with Crippen LogP contribution in [0.4, 0.5) is 4.39 Å². The van der Waals surface area contributed by atoms with Crippen molar-refractivity contribution in [3.63, 3.8) is 0 Å². The van der Waals surface area contributed by atoms with Crippen molar-refractivity contribution in [3.05, 3.63) is 82.3 Å². The van der Waals surface area contributed by atoms with Crippen LogP contribution in [0.15, 0.2) is 48.7 Å². The van der Waals surface area contributed by atoms with Gasteiger partial charge in [0, 0.05) is 18.1 Å². The fourth-order valence-electron chi connectivity index (χ4n) is 6.61. The van der Waals surface area contributed by atoms with Gasteiger partial charge in [0.15, 0.2) is 0 Å². The monoisotopic (exact) mass is 589 g/mol. The Morgan fingerprint density at radius 3 is 2.28 bits per heavy atom. The van der Waals surface area contributed by atoms with Crippen LogP contribution in [-0.4, -0.2) is 17.9 Å². The Morgan fingerprint density at radius 2 is 1.65 bits per heavy atom. The molecule has 3 aromatic rings. The summed E-state index contributed by atoms with van der Waals surface area (Å²) in [4.78, 5) is 16.1. The summed E-state index contributed by atoms with van der Waals surface area (Å²) in [5, 5.41) is 0. The molecule has 0 bridgehead atoms. The van der Waals surface area contributed by atoms with E-state index >= 15 is 0 Å². The first-order valence-electron chi connectivity index (χ1n) is 16.5. The zero-order valence-corrected chi connectivity index (χ0v) is 28.6. The van der Waals surface area contributed by atoms with Gasteiger partial charge >= 0.3 is 0 Å². The third-order valence-corrected chi connectivity index (χ3v) is 8.44. The van der Waals surface area contributed by atoms with E-state index < -0.39 is 0 Å². The van der Waals surface area contributed by atoms with Gasteiger partial charge in [-0.25, -0.2) is 9.37 Å². The lowest BCUT2D eigenvalue weighted by Crippen LogP contribution is -2.30. The van der Waals surface area contributed by atoms with Crippen LogP contribution < -0.4 is 4.74 Å². The predicted octanol–water partition coefficient (Wildman–Crippen LogP) is 10.7. The zero-order chi connectivity index (χ0) is 32.2. The number of benzene rings is 2. The summed E-state index contributed by atoms with van der Waals surface area (Å²) >= 11 is 0. The molecule has 1 aliphatic carbocycles. The average molecular weight is 590 g/mol. The number of hydrogen-bond acceptors (Lipinski definition) is 3. The smallest absolute Gasteiger partial charge is 0.213 e. The number of aryl methyl sites for hydroxylation is 3. The fourth-order valence-corrected chi connectivity index (χ4v) is 6.61. The van der Waals surface area contributed by atoms with Gasteiger partial charge < -0.3 is 4.74 Å². The maximum Gasteiger partial charge on any atom is 0.213 e. The molecule has 1 unspecified atom stereocenters. The summed E-state index contributed by atoms with van der Waals surface area (Å²) in [6.45, 7) is 18.8. The lowest BCUT2D eigenvalue weighted by molar-refractivity contribution is -0.118. The first-order chi connectivity index (χ1) is 20.5.